The molecule has 0 saturated heterocycles. The van der Waals surface area contributed by atoms with E-state index in [1.165, 1.54) is 17.6 Å². The van der Waals surface area contributed by atoms with Crippen LogP contribution in [0, 0.1) is 0 Å². The normalized spacial score (nSPS) is 12.6. The van der Waals surface area contributed by atoms with Crippen LogP contribution in [0.4, 0.5) is 11.5 Å². The zero-order valence-corrected chi connectivity index (χ0v) is 18.2. The van der Waals surface area contributed by atoms with Gasteiger partial charge in [0, 0.05) is 43.9 Å². The molecule has 0 radical (unpaired) electrons. The first-order valence-electron chi connectivity index (χ1n) is 9.62. The van der Waals surface area contributed by atoms with Gasteiger partial charge in [-0.3, -0.25) is 14.6 Å². The number of phenols is 1. The highest BCUT2D eigenvalue weighted by Gasteiger charge is 2.25. The van der Waals surface area contributed by atoms with Crippen molar-refractivity contribution in [1.29, 1.82) is 0 Å². The monoisotopic (exact) mass is 425 g/mol. The summed E-state index contributed by atoms with van der Waals surface area (Å²) in [6.07, 6.45) is 2.64. The van der Waals surface area contributed by atoms with Gasteiger partial charge in [0.25, 0.3) is 0 Å². The summed E-state index contributed by atoms with van der Waals surface area (Å²) in [5.74, 6) is 1.14. The smallest absolute Gasteiger partial charge is 0.219 e. The summed E-state index contributed by atoms with van der Waals surface area (Å²) in [5, 5.41) is 22.4. The molecule has 0 fully saturated rings. The van der Waals surface area contributed by atoms with E-state index in [-0.39, 0.29) is 11.7 Å². The van der Waals surface area contributed by atoms with Crippen molar-refractivity contribution in [3.63, 3.8) is 0 Å². The molecule has 3 aromatic rings. The summed E-state index contributed by atoms with van der Waals surface area (Å²) in [5.41, 5.74) is 5.18. The van der Waals surface area contributed by atoms with Gasteiger partial charge in [0.15, 0.2) is 5.82 Å². The standard InChI is InChI=1S/C21H22N4O2.CH5NS/c1-14(26)25-11-10-20-19(13-25)21(23-24(20)2)22-17-8-6-15(7-9-17)16-4-3-5-18(27)12-16;1-3-2/h3-9,12,27H,10-11,13H2,1-2H3,(H,22,23);2H2,1H3. The number of carbonyl (C=O) groups is 1. The average molecular weight is 426 g/mol. The van der Waals surface area contributed by atoms with Gasteiger partial charge in [0.05, 0.1) is 6.54 Å². The number of aromatic nitrogens is 2. The Labute approximate surface area is 181 Å². The molecule has 0 unspecified atom stereocenters. The van der Waals surface area contributed by atoms with Crippen molar-refractivity contribution < 1.29 is 9.90 Å². The lowest BCUT2D eigenvalue weighted by Gasteiger charge is -2.26. The molecule has 1 aliphatic heterocycles. The molecule has 8 heteroatoms. The van der Waals surface area contributed by atoms with Crippen LogP contribution in [0.25, 0.3) is 11.1 Å². The third-order valence-corrected chi connectivity index (χ3v) is 5.01. The number of nitrogens with one attached hydrogen (secondary N) is 1. The molecule has 0 atom stereocenters. The number of anilines is 2. The van der Waals surface area contributed by atoms with Crippen LogP contribution in [0.15, 0.2) is 48.5 Å². The van der Waals surface area contributed by atoms with E-state index in [1.54, 1.807) is 19.1 Å². The maximum absolute atomic E-state index is 11.7. The highest BCUT2D eigenvalue weighted by Crippen LogP contribution is 2.29. The minimum absolute atomic E-state index is 0.0888. The second-order valence-electron chi connectivity index (χ2n) is 7.08. The minimum atomic E-state index is 0.0888. The lowest BCUT2D eigenvalue weighted by atomic mass is 10.0. The van der Waals surface area contributed by atoms with E-state index < -0.39 is 0 Å². The van der Waals surface area contributed by atoms with Crippen molar-refractivity contribution in [2.24, 2.45) is 12.2 Å². The third-order valence-electron chi connectivity index (χ3n) is 5.01. The Morgan fingerprint density at radius 3 is 2.53 bits per heavy atom. The molecule has 0 aliphatic carbocycles. The van der Waals surface area contributed by atoms with Gasteiger partial charge in [-0.15, -0.1) is 0 Å². The van der Waals surface area contributed by atoms with Gasteiger partial charge in [0.1, 0.15) is 5.75 Å². The maximum atomic E-state index is 11.7. The van der Waals surface area contributed by atoms with Gasteiger partial charge in [-0.25, -0.2) is 0 Å². The highest BCUT2D eigenvalue weighted by molar-refractivity contribution is 7.96. The molecule has 1 aliphatic rings. The van der Waals surface area contributed by atoms with Crippen molar-refractivity contribution >= 4 is 29.4 Å². The average Bonchev–Trinajstić information content (AvgIpc) is 3.04. The molecule has 0 spiro atoms. The minimum Gasteiger partial charge on any atom is -0.508 e. The zero-order valence-electron chi connectivity index (χ0n) is 17.4. The number of aromatic hydroxyl groups is 1. The summed E-state index contributed by atoms with van der Waals surface area (Å²) in [4.78, 5) is 13.6. The van der Waals surface area contributed by atoms with Crippen LogP contribution in [0.5, 0.6) is 5.75 Å². The number of carbonyl (C=O) groups excluding carboxylic acids is 1. The third kappa shape index (κ3) is 4.95. The summed E-state index contributed by atoms with van der Waals surface area (Å²) in [6.45, 7) is 2.93. The number of benzene rings is 2. The lowest BCUT2D eigenvalue weighted by molar-refractivity contribution is -0.129. The van der Waals surface area contributed by atoms with Gasteiger partial charge in [-0.1, -0.05) is 36.2 Å². The molecule has 0 saturated carbocycles. The Bertz CT molecular complexity index is 1020. The number of hydrogen-bond acceptors (Lipinski definition) is 6. The molecule has 158 valence electrons. The van der Waals surface area contributed by atoms with E-state index in [0.29, 0.717) is 6.54 Å². The molecule has 30 heavy (non-hydrogen) atoms. The molecule has 4 N–H and O–H groups in total. The van der Waals surface area contributed by atoms with Crippen LogP contribution >= 0.6 is 11.9 Å². The zero-order chi connectivity index (χ0) is 21.7. The van der Waals surface area contributed by atoms with Crippen molar-refractivity contribution in [3.05, 3.63) is 59.8 Å². The van der Waals surface area contributed by atoms with E-state index >= 15 is 0 Å². The van der Waals surface area contributed by atoms with Gasteiger partial charge in [0.2, 0.25) is 5.91 Å². The van der Waals surface area contributed by atoms with E-state index in [2.05, 4.69) is 10.4 Å². The summed E-state index contributed by atoms with van der Waals surface area (Å²) in [7, 11) is 1.94. The number of rotatable bonds is 3. The number of phenolic OH excluding ortho intramolecular Hbond substituents is 1. The fraction of sp³-hybridized carbons (Fsp3) is 0.273. The SMILES string of the molecule is CC(=O)N1CCc2c(c(Nc3ccc(-c4cccc(O)c4)cc3)nn2C)C1.CSN. The first-order chi connectivity index (χ1) is 14.4. The van der Waals surface area contributed by atoms with Crippen LogP contribution in [-0.2, 0) is 24.8 Å². The summed E-state index contributed by atoms with van der Waals surface area (Å²) < 4.78 is 1.90. The molecular formula is C22H27N5O2S. The Kier molecular flexibility index (Phi) is 7.02. The van der Waals surface area contributed by atoms with Crippen molar-refractivity contribution in [2.75, 3.05) is 18.1 Å². The Morgan fingerprint density at radius 1 is 1.20 bits per heavy atom. The second kappa shape index (κ2) is 9.69. The molecule has 1 amide bonds. The summed E-state index contributed by atoms with van der Waals surface area (Å²) in [6, 6.07) is 15.2. The quantitative estimate of drug-likeness (QED) is 0.554. The molecule has 2 heterocycles. The van der Waals surface area contributed by atoms with E-state index in [1.807, 2.05) is 59.3 Å². The predicted octanol–water partition coefficient (Wildman–Crippen LogP) is 3.66. The second-order valence-corrected chi connectivity index (χ2v) is 7.55. The first kappa shape index (κ1) is 21.7. The molecule has 1 aromatic heterocycles. The first-order valence-corrected chi connectivity index (χ1v) is 10.9. The Hall–Kier alpha value is -2.97. The molecule has 7 nitrogen and oxygen atoms in total. The van der Waals surface area contributed by atoms with E-state index in [9.17, 15) is 9.90 Å². The van der Waals surface area contributed by atoms with Gasteiger partial charge >= 0.3 is 0 Å². The maximum Gasteiger partial charge on any atom is 0.219 e. The number of fused-ring (bicyclic) bond motifs is 1. The lowest BCUT2D eigenvalue weighted by Crippen LogP contribution is -2.34. The molecule has 4 rings (SSSR count). The molecule has 2 aromatic carbocycles. The number of hydrogen-bond donors (Lipinski definition) is 3. The van der Waals surface area contributed by atoms with E-state index in [0.717, 1.165) is 41.2 Å². The predicted molar refractivity (Wildman–Crippen MR) is 123 cm³/mol. The number of aryl methyl sites for hydroxylation is 1. The van der Waals surface area contributed by atoms with E-state index in [4.69, 9.17) is 5.14 Å². The number of amides is 1. The number of nitrogens with two attached hydrogens (primary N) is 1. The Morgan fingerprint density at radius 2 is 1.90 bits per heavy atom. The molecule has 0 bridgehead atoms. The largest absolute Gasteiger partial charge is 0.508 e. The van der Waals surface area contributed by atoms with Gasteiger partial charge in [-0.2, -0.15) is 5.10 Å². The van der Waals surface area contributed by atoms with Crippen LogP contribution < -0.4 is 10.5 Å². The molecular weight excluding hydrogens is 398 g/mol. The number of nitrogens with zero attached hydrogens (tertiary/aromatic N) is 3. The van der Waals surface area contributed by atoms with Crippen LogP contribution in [-0.4, -0.2) is 38.5 Å². The summed E-state index contributed by atoms with van der Waals surface area (Å²) >= 11 is 1.25. The fourth-order valence-corrected chi connectivity index (χ4v) is 3.53. The van der Waals surface area contributed by atoms with Crippen LogP contribution in [0.1, 0.15) is 18.2 Å². The van der Waals surface area contributed by atoms with Crippen molar-refractivity contribution in [2.45, 2.75) is 19.9 Å². The highest BCUT2D eigenvalue weighted by atomic mass is 32.2. The van der Waals surface area contributed by atoms with Crippen LogP contribution in [0.3, 0.4) is 0 Å². The van der Waals surface area contributed by atoms with Crippen molar-refractivity contribution in [3.8, 4) is 16.9 Å². The Balaban J connectivity index is 0.000000806. The topological polar surface area (TPSA) is 96.4 Å². The van der Waals surface area contributed by atoms with Gasteiger partial charge in [-0.05, 0) is 41.6 Å². The van der Waals surface area contributed by atoms with Gasteiger partial charge < -0.3 is 15.3 Å². The van der Waals surface area contributed by atoms with Crippen molar-refractivity contribution in [1.82, 2.24) is 14.7 Å². The fourth-order valence-electron chi connectivity index (χ4n) is 3.53. The van der Waals surface area contributed by atoms with Crippen LogP contribution in [0.2, 0.25) is 0 Å².